The Hall–Kier alpha value is -0.280. The Labute approximate surface area is 189 Å². The van der Waals surface area contributed by atoms with Gasteiger partial charge in [0.2, 0.25) is 0 Å². The molecule has 1 aromatic rings. The van der Waals surface area contributed by atoms with Crippen molar-refractivity contribution < 1.29 is 9.47 Å². The molecule has 0 amide bonds. The van der Waals surface area contributed by atoms with Crippen LogP contribution in [0.5, 0.6) is 0 Å². The lowest BCUT2D eigenvalue weighted by molar-refractivity contribution is 0.0203. The number of hydrogen-bond acceptors (Lipinski definition) is 3. The summed E-state index contributed by atoms with van der Waals surface area (Å²) in [5.41, 5.74) is 0.985. The predicted molar refractivity (Wildman–Crippen MR) is 124 cm³/mol. The van der Waals surface area contributed by atoms with Crippen LogP contribution in [0.25, 0.3) is 0 Å². The number of guanidine groups is 1. The fourth-order valence-corrected chi connectivity index (χ4v) is 3.45. The van der Waals surface area contributed by atoms with Gasteiger partial charge in [0, 0.05) is 50.1 Å². The van der Waals surface area contributed by atoms with Crippen LogP contribution in [0, 0.1) is 5.92 Å². The Kier molecular flexibility index (Phi) is 12.7. The smallest absolute Gasteiger partial charge is 0.191 e. The van der Waals surface area contributed by atoms with Crippen LogP contribution in [0.4, 0.5) is 0 Å². The summed E-state index contributed by atoms with van der Waals surface area (Å²) in [4.78, 5) is 4.26. The van der Waals surface area contributed by atoms with E-state index in [-0.39, 0.29) is 30.0 Å². The molecule has 27 heavy (non-hydrogen) atoms. The second-order valence-corrected chi connectivity index (χ2v) is 7.36. The van der Waals surface area contributed by atoms with Gasteiger partial charge >= 0.3 is 0 Å². The normalized spacial score (nSPS) is 16.5. The lowest BCUT2D eigenvalue weighted by Crippen LogP contribution is -2.39. The summed E-state index contributed by atoms with van der Waals surface area (Å²) in [5, 5.41) is 7.93. The van der Waals surface area contributed by atoms with Crippen molar-refractivity contribution >= 4 is 53.1 Å². The highest BCUT2D eigenvalue weighted by molar-refractivity contribution is 14.0. The fourth-order valence-electron chi connectivity index (χ4n) is 2.87. The van der Waals surface area contributed by atoms with Crippen LogP contribution in [0.2, 0.25) is 10.0 Å². The number of ether oxygens (including phenoxy) is 2. The first-order valence-corrected chi connectivity index (χ1v) is 9.93. The molecular formula is C19H30Cl2IN3O2. The molecule has 1 aliphatic heterocycles. The highest BCUT2D eigenvalue weighted by Gasteiger charge is 2.14. The molecule has 1 aliphatic rings. The third kappa shape index (κ3) is 9.17. The summed E-state index contributed by atoms with van der Waals surface area (Å²) in [6.45, 7) is 6.16. The first kappa shape index (κ1) is 24.8. The van der Waals surface area contributed by atoms with Gasteiger partial charge in [0.15, 0.2) is 5.96 Å². The number of aliphatic imine (C=N–C) groups is 1. The molecule has 0 saturated carbocycles. The van der Waals surface area contributed by atoms with Crippen molar-refractivity contribution in [2.75, 3.05) is 40.0 Å². The van der Waals surface area contributed by atoms with E-state index in [4.69, 9.17) is 32.7 Å². The molecule has 1 aromatic carbocycles. The molecule has 2 N–H and O–H groups in total. The molecule has 5 nitrogen and oxygen atoms in total. The molecule has 0 aliphatic carbocycles. The van der Waals surface area contributed by atoms with Crippen molar-refractivity contribution in [1.82, 2.24) is 10.6 Å². The molecule has 1 unspecified atom stereocenters. The van der Waals surface area contributed by atoms with Gasteiger partial charge in [-0.2, -0.15) is 0 Å². The minimum absolute atomic E-state index is 0. The second kappa shape index (κ2) is 13.8. The van der Waals surface area contributed by atoms with Gasteiger partial charge in [0.1, 0.15) is 0 Å². The van der Waals surface area contributed by atoms with E-state index in [0.717, 1.165) is 63.8 Å². The van der Waals surface area contributed by atoms with Crippen LogP contribution in [0.15, 0.2) is 23.2 Å². The van der Waals surface area contributed by atoms with E-state index in [1.807, 2.05) is 19.1 Å². The fraction of sp³-hybridized carbons (Fsp3) is 0.632. The van der Waals surface area contributed by atoms with Crippen molar-refractivity contribution in [1.29, 1.82) is 0 Å². The summed E-state index contributed by atoms with van der Waals surface area (Å²) >= 11 is 12.2. The zero-order valence-corrected chi connectivity index (χ0v) is 19.8. The molecule has 1 fully saturated rings. The van der Waals surface area contributed by atoms with Crippen molar-refractivity contribution in [2.24, 2.45) is 10.9 Å². The van der Waals surface area contributed by atoms with Crippen LogP contribution >= 0.6 is 47.2 Å². The van der Waals surface area contributed by atoms with Crippen LogP contribution in [-0.2, 0) is 9.47 Å². The molecule has 0 aromatic heterocycles. The van der Waals surface area contributed by atoms with Crippen molar-refractivity contribution in [3.63, 3.8) is 0 Å². The van der Waals surface area contributed by atoms with Crippen LogP contribution < -0.4 is 10.6 Å². The summed E-state index contributed by atoms with van der Waals surface area (Å²) in [5.74, 6) is 1.39. The Morgan fingerprint density at radius 2 is 2.07 bits per heavy atom. The summed E-state index contributed by atoms with van der Waals surface area (Å²) in [6.07, 6.45) is 3.15. The third-order valence-corrected chi connectivity index (χ3v) is 5.02. The van der Waals surface area contributed by atoms with Crippen molar-refractivity contribution in [3.8, 4) is 0 Å². The maximum absolute atomic E-state index is 6.27. The third-order valence-electron chi connectivity index (χ3n) is 4.46. The molecule has 1 atom stereocenters. The van der Waals surface area contributed by atoms with Gasteiger partial charge in [-0.15, -0.1) is 24.0 Å². The van der Waals surface area contributed by atoms with Crippen LogP contribution in [0.1, 0.15) is 37.8 Å². The maximum Gasteiger partial charge on any atom is 0.191 e. The van der Waals surface area contributed by atoms with Crippen LogP contribution in [0.3, 0.4) is 0 Å². The topological polar surface area (TPSA) is 54.9 Å². The Bertz CT molecular complexity index is 584. The number of nitrogens with one attached hydrogen (secondary N) is 2. The maximum atomic E-state index is 6.27. The minimum Gasteiger partial charge on any atom is -0.381 e. The minimum atomic E-state index is 0. The van der Waals surface area contributed by atoms with Crippen LogP contribution in [-0.4, -0.2) is 46.0 Å². The molecule has 0 bridgehead atoms. The van der Waals surface area contributed by atoms with E-state index in [0.29, 0.717) is 16.0 Å². The number of hydrogen-bond donors (Lipinski definition) is 2. The summed E-state index contributed by atoms with van der Waals surface area (Å²) < 4.78 is 11.1. The van der Waals surface area contributed by atoms with E-state index in [9.17, 15) is 0 Å². The quantitative estimate of drug-likeness (QED) is 0.222. The van der Waals surface area contributed by atoms with Gasteiger partial charge in [-0.1, -0.05) is 29.3 Å². The highest BCUT2D eigenvalue weighted by Crippen LogP contribution is 2.25. The van der Waals surface area contributed by atoms with Crippen molar-refractivity contribution in [3.05, 3.63) is 33.8 Å². The average molecular weight is 530 g/mol. The van der Waals surface area contributed by atoms with E-state index in [2.05, 4.69) is 15.6 Å². The predicted octanol–water partition coefficient (Wildman–Crippen LogP) is 4.67. The zero-order chi connectivity index (χ0) is 18.8. The molecule has 1 saturated heterocycles. The molecule has 1 heterocycles. The molecular weight excluding hydrogens is 500 g/mol. The summed E-state index contributed by atoms with van der Waals surface area (Å²) in [7, 11) is 1.76. The lowest BCUT2D eigenvalue weighted by Gasteiger charge is -2.22. The molecule has 0 radical (unpaired) electrons. The monoisotopic (exact) mass is 529 g/mol. The Balaban J connectivity index is 0.00000364. The average Bonchev–Trinajstić information content (AvgIpc) is 2.64. The van der Waals surface area contributed by atoms with E-state index in [1.165, 1.54) is 0 Å². The van der Waals surface area contributed by atoms with Gasteiger partial charge in [-0.05, 0) is 49.8 Å². The Morgan fingerprint density at radius 1 is 1.33 bits per heavy atom. The van der Waals surface area contributed by atoms with Gasteiger partial charge in [-0.3, -0.25) is 4.99 Å². The van der Waals surface area contributed by atoms with Gasteiger partial charge in [-0.25, -0.2) is 0 Å². The summed E-state index contributed by atoms with van der Waals surface area (Å²) in [6, 6.07) is 5.55. The molecule has 0 spiro atoms. The molecule has 8 heteroatoms. The number of rotatable bonds is 8. The number of halogens is 3. The van der Waals surface area contributed by atoms with E-state index < -0.39 is 0 Å². The van der Waals surface area contributed by atoms with Gasteiger partial charge < -0.3 is 20.1 Å². The highest BCUT2D eigenvalue weighted by atomic mass is 127. The van der Waals surface area contributed by atoms with E-state index in [1.54, 1.807) is 13.1 Å². The zero-order valence-electron chi connectivity index (χ0n) is 16.0. The number of nitrogens with zero attached hydrogens (tertiary/aromatic N) is 1. The number of benzene rings is 1. The lowest BCUT2D eigenvalue weighted by atomic mass is 10.0. The first-order chi connectivity index (χ1) is 12.6. The standard InChI is InChI=1S/C19H29Cl2N3O2.HI/c1-14(17-5-4-16(20)12-18(17)21)24-19(22-2)23-8-3-9-26-13-15-6-10-25-11-7-15;/h4-5,12,14-15H,3,6-11,13H2,1-2H3,(H2,22,23,24);1H. The van der Waals surface area contributed by atoms with E-state index >= 15 is 0 Å². The Morgan fingerprint density at radius 3 is 2.74 bits per heavy atom. The largest absolute Gasteiger partial charge is 0.381 e. The molecule has 154 valence electrons. The van der Waals surface area contributed by atoms with Gasteiger partial charge in [0.25, 0.3) is 0 Å². The van der Waals surface area contributed by atoms with Crippen molar-refractivity contribution in [2.45, 2.75) is 32.2 Å². The molecule has 2 rings (SSSR count). The first-order valence-electron chi connectivity index (χ1n) is 9.17. The van der Waals surface area contributed by atoms with Gasteiger partial charge in [0.05, 0.1) is 6.04 Å². The SMILES string of the molecule is CN=C(NCCCOCC1CCOCC1)NC(C)c1ccc(Cl)cc1Cl.I. The second-order valence-electron chi connectivity index (χ2n) is 6.52.